The molecular formula is C7H5N2O. The maximum Gasteiger partial charge on any atom is 0.230 e. The largest absolute Gasteiger partial charge is 0.492 e. The molecule has 0 saturated heterocycles. The molecule has 3 heteroatoms. The van der Waals surface area contributed by atoms with E-state index in [0.29, 0.717) is 5.69 Å². The zero-order valence-corrected chi connectivity index (χ0v) is 5.42. The van der Waals surface area contributed by atoms with Crippen molar-refractivity contribution in [1.82, 2.24) is 4.98 Å². The number of hydrogen-bond donors (Lipinski definition) is 1. The lowest BCUT2D eigenvalue weighted by atomic mass is 10.3. The first kappa shape index (κ1) is 6.56. The minimum atomic E-state index is -0.248. The van der Waals surface area contributed by atoms with Gasteiger partial charge in [-0.15, -0.1) is 0 Å². The summed E-state index contributed by atoms with van der Waals surface area (Å²) >= 11 is 0. The third-order valence-corrected chi connectivity index (χ3v) is 1.04. The van der Waals surface area contributed by atoms with Gasteiger partial charge in [0, 0.05) is 11.8 Å². The summed E-state index contributed by atoms with van der Waals surface area (Å²) in [6.07, 6.45) is 0. The second kappa shape index (κ2) is 2.36. The Hall–Kier alpha value is -1.56. The van der Waals surface area contributed by atoms with Crippen LogP contribution >= 0.6 is 0 Å². The lowest BCUT2D eigenvalue weighted by molar-refractivity contribution is 0.450. The molecule has 0 bridgehead atoms. The quantitative estimate of drug-likeness (QED) is 0.568. The molecule has 1 heterocycles. The standard InChI is InChI=1S/C7H5N2O/c1-5-2-3-6(4-8)7(10)9-5/h2H,1H3,(H,9,10). The summed E-state index contributed by atoms with van der Waals surface area (Å²) in [6.45, 7) is 1.72. The summed E-state index contributed by atoms with van der Waals surface area (Å²) in [5.74, 6) is -0.248. The molecule has 49 valence electrons. The van der Waals surface area contributed by atoms with Gasteiger partial charge in [-0.1, -0.05) is 0 Å². The molecule has 0 saturated carbocycles. The van der Waals surface area contributed by atoms with E-state index in [1.807, 2.05) is 0 Å². The Balaban J connectivity index is 3.23. The van der Waals surface area contributed by atoms with Crippen molar-refractivity contribution in [3.05, 3.63) is 23.4 Å². The molecule has 0 aliphatic heterocycles. The molecule has 0 spiro atoms. The van der Waals surface area contributed by atoms with Crippen LogP contribution in [0.2, 0.25) is 0 Å². The Morgan fingerprint density at radius 3 is 3.00 bits per heavy atom. The smallest absolute Gasteiger partial charge is 0.230 e. The first-order chi connectivity index (χ1) is 4.74. The molecule has 0 aromatic carbocycles. The van der Waals surface area contributed by atoms with Crippen LogP contribution in [0, 0.1) is 24.3 Å². The summed E-state index contributed by atoms with van der Waals surface area (Å²) in [5.41, 5.74) is 0.738. The monoisotopic (exact) mass is 133 g/mol. The highest BCUT2D eigenvalue weighted by atomic mass is 16.3. The van der Waals surface area contributed by atoms with Crippen LogP contribution in [-0.4, -0.2) is 10.1 Å². The van der Waals surface area contributed by atoms with Gasteiger partial charge < -0.3 is 5.11 Å². The van der Waals surface area contributed by atoms with Crippen molar-refractivity contribution in [2.75, 3.05) is 0 Å². The molecule has 1 radical (unpaired) electrons. The topological polar surface area (TPSA) is 56.9 Å². The number of aromatic hydroxyl groups is 1. The summed E-state index contributed by atoms with van der Waals surface area (Å²) in [7, 11) is 0. The van der Waals surface area contributed by atoms with E-state index in [1.54, 1.807) is 19.1 Å². The minimum absolute atomic E-state index is 0.0885. The van der Waals surface area contributed by atoms with Crippen LogP contribution in [0.5, 0.6) is 5.88 Å². The van der Waals surface area contributed by atoms with Crippen molar-refractivity contribution in [1.29, 1.82) is 5.26 Å². The zero-order chi connectivity index (χ0) is 7.56. The number of aromatic nitrogens is 1. The number of nitriles is 1. The van der Waals surface area contributed by atoms with E-state index in [0.717, 1.165) is 0 Å². The van der Waals surface area contributed by atoms with Gasteiger partial charge in [0.2, 0.25) is 5.88 Å². The van der Waals surface area contributed by atoms with Crippen LogP contribution in [-0.2, 0) is 0 Å². The third-order valence-electron chi connectivity index (χ3n) is 1.04. The van der Waals surface area contributed by atoms with Gasteiger partial charge >= 0.3 is 0 Å². The van der Waals surface area contributed by atoms with Gasteiger partial charge in [-0.3, -0.25) is 0 Å². The number of rotatable bonds is 0. The molecule has 0 fully saturated rings. The van der Waals surface area contributed by atoms with E-state index in [4.69, 9.17) is 10.4 Å². The Labute approximate surface area is 58.6 Å². The molecule has 3 nitrogen and oxygen atoms in total. The van der Waals surface area contributed by atoms with Crippen LogP contribution in [0.25, 0.3) is 0 Å². The van der Waals surface area contributed by atoms with Crippen molar-refractivity contribution in [3.8, 4) is 11.9 Å². The fourth-order valence-electron chi connectivity index (χ4n) is 0.579. The van der Waals surface area contributed by atoms with Gasteiger partial charge in [0.1, 0.15) is 11.6 Å². The first-order valence-corrected chi connectivity index (χ1v) is 2.72. The van der Waals surface area contributed by atoms with E-state index >= 15 is 0 Å². The highest BCUT2D eigenvalue weighted by molar-refractivity contribution is 5.36. The van der Waals surface area contributed by atoms with Crippen molar-refractivity contribution in [2.24, 2.45) is 0 Å². The SMILES string of the molecule is Cc1c[c]c(C#N)c(O)n1. The van der Waals surface area contributed by atoms with Crippen molar-refractivity contribution in [2.45, 2.75) is 6.92 Å². The van der Waals surface area contributed by atoms with Gasteiger partial charge in [-0.05, 0) is 13.0 Å². The molecule has 1 rings (SSSR count). The maximum absolute atomic E-state index is 8.93. The molecule has 1 aromatic rings. The second-order valence-corrected chi connectivity index (χ2v) is 1.85. The Bertz CT molecular complexity index is 288. The molecule has 1 N–H and O–H groups in total. The van der Waals surface area contributed by atoms with Gasteiger partial charge in [0.15, 0.2) is 0 Å². The van der Waals surface area contributed by atoms with Crippen LogP contribution in [0.1, 0.15) is 11.3 Å². The molecule has 1 aromatic heterocycles. The highest BCUT2D eigenvalue weighted by Crippen LogP contribution is 2.10. The maximum atomic E-state index is 8.93. The van der Waals surface area contributed by atoms with E-state index in [2.05, 4.69) is 11.1 Å². The Kier molecular flexibility index (Phi) is 1.55. The summed E-state index contributed by atoms with van der Waals surface area (Å²) in [6, 6.07) is 5.89. The van der Waals surface area contributed by atoms with Gasteiger partial charge in [0.25, 0.3) is 0 Å². The second-order valence-electron chi connectivity index (χ2n) is 1.85. The Morgan fingerprint density at radius 1 is 1.80 bits per heavy atom. The predicted molar refractivity (Wildman–Crippen MR) is 34.2 cm³/mol. The molecular weight excluding hydrogens is 128 g/mol. The van der Waals surface area contributed by atoms with E-state index in [9.17, 15) is 0 Å². The molecule has 0 unspecified atom stereocenters. The molecule has 0 amide bonds. The minimum Gasteiger partial charge on any atom is -0.492 e. The summed E-state index contributed by atoms with van der Waals surface area (Å²) in [5, 5.41) is 17.3. The fourth-order valence-corrected chi connectivity index (χ4v) is 0.579. The van der Waals surface area contributed by atoms with Crippen molar-refractivity contribution in [3.63, 3.8) is 0 Å². The highest BCUT2D eigenvalue weighted by Gasteiger charge is 1.99. The molecule has 0 aliphatic carbocycles. The summed E-state index contributed by atoms with van der Waals surface area (Å²) < 4.78 is 0. The molecule has 0 aliphatic rings. The predicted octanol–water partition coefficient (Wildman–Crippen LogP) is 0.767. The Morgan fingerprint density at radius 2 is 2.50 bits per heavy atom. The van der Waals surface area contributed by atoms with Crippen LogP contribution < -0.4 is 0 Å². The van der Waals surface area contributed by atoms with Crippen LogP contribution in [0.4, 0.5) is 0 Å². The number of aryl methyl sites for hydroxylation is 1. The number of pyridine rings is 1. The normalized spacial score (nSPS) is 8.80. The number of nitrogens with zero attached hydrogens (tertiary/aromatic N) is 2. The number of hydrogen-bond acceptors (Lipinski definition) is 3. The average Bonchev–Trinajstić information content (AvgIpc) is 1.88. The third kappa shape index (κ3) is 1.06. The lowest BCUT2D eigenvalue weighted by Crippen LogP contribution is -1.84. The molecule has 10 heavy (non-hydrogen) atoms. The first-order valence-electron chi connectivity index (χ1n) is 2.72. The van der Waals surface area contributed by atoms with Crippen molar-refractivity contribution >= 4 is 0 Å². The van der Waals surface area contributed by atoms with Crippen LogP contribution in [0.15, 0.2) is 6.07 Å². The van der Waals surface area contributed by atoms with Crippen molar-refractivity contribution < 1.29 is 5.11 Å². The van der Waals surface area contributed by atoms with E-state index in [1.165, 1.54) is 0 Å². The average molecular weight is 133 g/mol. The van der Waals surface area contributed by atoms with Gasteiger partial charge in [-0.25, -0.2) is 4.98 Å². The zero-order valence-electron chi connectivity index (χ0n) is 5.42. The summed E-state index contributed by atoms with van der Waals surface area (Å²) in [4.78, 5) is 3.65. The lowest BCUT2D eigenvalue weighted by Gasteiger charge is -1.93. The fraction of sp³-hybridized carbons (Fsp3) is 0.143. The van der Waals surface area contributed by atoms with Gasteiger partial charge in [0.05, 0.1) is 0 Å². The van der Waals surface area contributed by atoms with E-state index < -0.39 is 0 Å². The van der Waals surface area contributed by atoms with E-state index in [-0.39, 0.29) is 11.4 Å². The molecule has 0 atom stereocenters. The van der Waals surface area contributed by atoms with Gasteiger partial charge in [-0.2, -0.15) is 5.26 Å². The van der Waals surface area contributed by atoms with Crippen LogP contribution in [0.3, 0.4) is 0 Å².